The average Bonchev–Trinajstić information content (AvgIpc) is 3.13. The lowest BCUT2D eigenvalue weighted by molar-refractivity contribution is -0.143. The third-order valence-corrected chi connectivity index (χ3v) is 5.55. The number of amides is 3. The molecule has 0 aliphatic carbocycles. The second-order valence-corrected chi connectivity index (χ2v) is 8.84. The highest BCUT2D eigenvalue weighted by Gasteiger charge is 2.22. The lowest BCUT2D eigenvalue weighted by atomic mass is 10.2. The predicted molar refractivity (Wildman–Crippen MR) is 133 cm³/mol. The van der Waals surface area contributed by atoms with Crippen molar-refractivity contribution in [3.8, 4) is 0 Å². The monoisotopic (exact) mass is 557 g/mol. The van der Waals surface area contributed by atoms with E-state index in [1.54, 1.807) is 4.90 Å². The third kappa shape index (κ3) is 15.2. The van der Waals surface area contributed by atoms with Crippen molar-refractivity contribution in [1.82, 2.24) is 24.9 Å². The van der Waals surface area contributed by atoms with Gasteiger partial charge < -0.3 is 25.7 Å². The van der Waals surface area contributed by atoms with Crippen molar-refractivity contribution in [1.29, 1.82) is 0 Å². The van der Waals surface area contributed by atoms with Crippen molar-refractivity contribution in [2.75, 3.05) is 72.0 Å². The molecule has 0 aromatic carbocycles. The molecule has 16 nitrogen and oxygen atoms in total. The Morgan fingerprint density at radius 2 is 1.03 bits per heavy atom. The van der Waals surface area contributed by atoms with Crippen LogP contribution < -0.4 is 5.32 Å². The highest BCUT2D eigenvalue weighted by atomic mass is 16.4. The number of hydrogen-bond donors (Lipinski definition) is 5. The second-order valence-electron chi connectivity index (χ2n) is 8.84. The Kier molecular flexibility index (Phi) is 14.9. The number of carbonyl (C=O) groups excluding carboxylic acids is 3. The van der Waals surface area contributed by atoms with Crippen LogP contribution >= 0.6 is 0 Å². The van der Waals surface area contributed by atoms with Crippen LogP contribution in [-0.2, 0) is 33.6 Å². The Morgan fingerprint density at radius 3 is 1.44 bits per heavy atom. The Hall–Kier alpha value is -3.89. The number of unbranched alkanes of at least 4 members (excludes halogenated alkanes) is 2. The van der Waals surface area contributed by atoms with Gasteiger partial charge in [0, 0.05) is 51.4 Å². The Morgan fingerprint density at radius 1 is 0.615 bits per heavy atom. The SMILES string of the molecule is O=C(O)CN(CCN(CCN(CC(=O)O)CC(=O)O)CC(=O)NCCCCCN1C(=O)C=CC1=O)CC(=O)O. The molecule has 1 aliphatic heterocycles. The summed E-state index contributed by atoms with van der Waals surface area (Å²) in [5.74, 6) is -6.04. The number of imide groups is 1. The number of carboxylic acid groups (broad SMARTS) is 4. The van der Waals surface area contributed by atoms with Gasteiger partial charge in [-0.25, -0.2) is 0 Å². The number of nitrogens with zero attached hydrogens (tertiary/aromatic N) is 4. The van der Waals surface area contributed by atoms with Crippen molar-refractivity contribution in [2.24, 2.45) is 0 Å². The molecule has 1 heterocycles. The molecule has 0 fully saturated rings. The molecule has 0 spiro atoms. The topological polar surface area (TPSA) is 225 Å². The smallest absolute Gasteiger partial charge is 0.317 e. The van der Waals surface area contributed by atoms with E-state index in [-0.39, 0.29) is 51.1 Å². The largest absolute Gasteiger partial charge is 0.480 e. The highest BCUT2D eigenvalue weighted by Crippen LogP contribution is 2.06. The number of carbonyl (C=O) groups is 7. The molecule has 1 rings (SSSR count). The first-order valence-corrected chi connectivity index (χ1v) is 12.2. The number of aliphatic carboxylic acids is 4. The second kappa shape index (κ2) is 17.6. The van der Waals surface area contributed by atoms with Gasteiger partial charge in [0.05, 0.1) is 32.7 Å². The molecule has 0 aromatic rings. The van der Waals surface area contributed by atoms with E-state index in [2.05, 4.69) is 5.32 Å². The van der Waals surface area contributed by atoms with Gasteiger partial charge in [-0.2, -0.15) is 0 Å². The van der Waals surface area contributed by atoms with Crippen LogP contribution in [0.4, 0.5) is 0 Å². The maximum atomic E-state index is 12.5. The molecule has 0 atom stereocenters. The first kappa shape index (κ1) is 33.1. The van der Waals surface area contributed by atoms with E-state index in [0.717, 1.165) is 14.7 Å². The van der Waals surface area contributed by atoms with E-state index in [9.17, 15) is 33.6 Å². The Balaban J connectivity index is 2.62. The summed E-state index contributed by atoms with van der Waals surface area (Å²) in [7, 11) is 0. The van der Waals surface area contributed by atoms with Gasteiger partial charge in [-0.3, -0.25) is 53.2 Å². The Labute approximate surface area is 224 Å². The number of carboxylic acids is 4. The van der Waals surface area contributed by atoms with Crippen LogP contribution in [0.1, 0.15) is 19.3 Å². The van der Waals surface area contributed by atoms with Gasteiger partial charge in [0.15, 0.2) is 0 Å². The molecule has 0 radical (unpaired) electrons. The quantitative estimate of drug-likeness (QED) is 0.0682. The Bertz CT molecular complexity index is 849. The van der Waals surface area contributed by atoms with Crippen molar-refractivity contribution < 1.29 is 54.0 Å². The van der Waals surface area contributed by atoms with E-state index in [0.29, 0.717) is 25.8 Å². The third-order valence-electron chi connectivity index (χ3n) is 5.55. The fraction of sp³-hybridized carbons (Fsp3) is 0.609. The van der Waals surface area contributed by atoms with Gasteiger partial charge in [0.25, 0.3) is 11.8 Å². The number of nitrogens with one attached hydrogen (secondary N) is 1. The van der Waals surface area contributed by atoms with Crippen molar-refractivity contribution in [3.63, 3.8) is 0 Å². The van der Waals surface area contributed by atoms with Crippen LogP contribution in [0.2, 0.25) is 0 Å². The van der Waals surface area contributed by atoms with E-state index in [1.165, 1.54) is 12.2 Å². The maximum absolute atomic E-state index is 12.5. The minimum atomic E-state index is -1.23. The first-order valence-electron chi connectivity index (χ1n) is 12.2. The van der Waals surface area contributed by atoms with Crippen LogP contribution in [-0.4, -0.2) is 154 Å². The fourth-order valence-corrected chi connectivity index (χ4v) is 3.74. The van der Waals surface area contributed by atoms with Crippen LogP contribution in [0, 0.1) is 0 Å². The van der Waals surface area contributed by atoms with Crippen molar-refractivity contribution in [3.05, 3.63) is 12.2 Å². The molecule has 0 saturated carbocycles. The van der Waals surface area contributed by atoms with Gasteiger partial charge in [-0.15, -0.1) is 0 Å². The van der Waals surface area contributed by atoms with Gasteiger partial charge in [-0.05, 0) is 19.3 Å². The van der Waals surface area contributed by atoms with E-state index in [4.69, 9.17) is 20.4 Å². The normalized spacial score (nSPS) is 13.1. The zero-order valence-corrected chi connectivity index (χ0v) is 21.5. The lowest BCUT2D eigenvalue weighted by Crippen LogP contribution is -2.47. The summed E-state index contributed by atoms with van der Waals surface area (Å²) in [6, 6.07) is 0. The summed E-state index contributed by atoms with van der Waals surface area (Å²) in [6.07, 6.45) is 4.19. The predicted octanol–water partition coefficient (Wildman–Crippen LogP) is -2.56. The van der Waals surface area contributed by atoms with E-state index >= 15 is 0 Å². The van der Waals surface area contributed by atoms with Crippen LogP contribution in [0.3, 0.4) is 0 Å². The standard InChI is InChI=1S/C23H35N5O11/c29-17(24-6-2-1-3-7-28-18(30)4-5-19(28)31)12-25(8-10-26(13-20(32)33)14-21(34)35)9-11-27(15-22(36)37)16-23(38)39/h4-5H,1-3,6-16H2,(H,24,29)(H,32,33)(H,34,35)(H,36,37)(H,38,39). The van der Waals surface area contributed by atoms with Crippen molar-refractivity contribution in [2.45, 2.75) is 19.3 Å². The van der Waals surface area contributed by atoms with Crippen LogP contribution in [0.15, 0.2) is 12.2 Å². The maximum Gasteiger partial charge on any atom is 0.317 e. The summed E-state index contributed by atoms with van der Waals surface area (Å²) >= 11 is 0. The minimum Gasteiger partial charge on any atom is -0.480 e. The van der Waals surface area contributed by atoms with Crippen LogP contribution in [0.25, 0.3) is 0 Å². The van der Waals surface area contributed by atoms with Crippen LogP contribution in [0.5, 0.6) is 0 Å². The molecule has 0 bridgehead atoms. The molecule has 0 unspecified atom stereocenters. The summed E-state index contributed by atoms with van der Waals surface area (Å²) in [5, 5.41) is 38.8. The zero-order chi connectivity index (χ0) is 29.4. The molecule has 5 N–H and O–H groups in total. The molecule has 1 aliphatic rings. The molecule has 0 aromatic heterocycles. The summed E-state index contributed by atoms with van der Waals surface area (Å²) < 4.78 is 0. The van der Waals surface area contributed by atoms with Gasteiger partial charge >= 0.3 is 23.9 Å². The molecular weight excluding hydrogens is 522 g/mol. The minimum absolute atomic E-state index is 0.0213. The number of rotatable bonds is 22. The summed E-state index contributed by atoms with van der Waals surface area (Å²) in [4.78, 5) is 84.8. The highest BCUT2D eigenvalue weighted by molar-refractivity contribution is 6.12. The van der Waals surface area contributed by atoms with Gasteiger partial charge in [0.2, 0.25) is 5.91 Å². The first-order chi connectivity index (χ1) is 18.4. The molecular formula is C23H35N5O11. The lowest BCUT2D eigenvalue weighted by Gasteiger charge is -2.28. The summed E-state index contributed by atoms with van der Waals surface area (Å²) in [5.41, 5.74) is 0. The average molecular weight is 558 g/mol. The number of hydrogen-bond acceptors (Lipinski definition) is 10. The van der Waals surface area contributed by atoms with Gasteiger partial charge in [-0.1, -0.05) is 0 Å². The fourth-order valence-electron chi connectivity index (χ4n) is 3.74. The van der Waals surface area contributed by atoms with Gasteiger partial charge in [0.1, 0.15) is 0 Å². The molecule has 0 saturated heterocycles. The molecule has 3 amide bonds. The molecule has 218 valence electrons. The zero-order valence-electron chi connectivity index (χ0n) is 21.5. The summed E-state index contributed by atoms with van der Waals surface area (Å²) in [6.45, 7) is -1.67. The van der Waals surface area contributed by atoms with Crippen molar-refractivity contribution >= 4 is 41.6 Å². The molecule has 16 heteroatoms. The van der Waals surface area contributed by atoms with E-state index < -0.39 is 56.0 Å². The van der Waals surface area contributed by atoms with E-state index in [1.807, 2.05) is 0 Å². The molecule has 39 heavy (non-hydrogen) atoms.